The molecule has 5 heteroatoms. The van der Waals surface area contributed by atoms with Crippen molar-refractivity contribution in [3.8, 4) is 0 Å². The van der Waals surface area contributed by atoms with Crippen LogP contribution in [0.1, 0.15) is 65.7 Å². The summed E-state index contributed by atoms with van der Waals surface area (Å²) in [5.74, 6) is -0.946. The molecule has 0 aromatic rings. The van der Waals surface area contributed by atoms with E-state index in [4.69, 9.17) is 9.47 Å². The fourth-order valence-corrected chi connectivity index (χ4v) is 2.63. The van der Waals surface area contributed by atoms with Crippen molar-refractivity contribution in [2.75, 3.05) is 13.2 Å². The molecule has 124 valence electrons. The molecule has 0 radical (unpaired) electrons. The van der Waals surface area contributed by atoms with Crippen LogP contribution in [0.4, 0.5) is 0 Å². The molecule has 0 saturated heterocycles. The molecule has 0 bridgehead atoms. The average molecular weight is 412 g/mol. The van der Waals surface area contributed by atoms with Crippen LogP contribution < -0.4 is 0 Å². The van der Waals surface area contributed by atoms with Gasteiger partial charge in [-0.05, 0) is 19.3 Å². The van der Waals surface area contributed by atoms with Gasteiger partial charge in [-0.1, -0.05) is 69.0 Å². The molecule has 0 saturated carbocycles. The number of hydrogen-bond donors (Lipinski definition) is 0. The zero-order valence-corrected chi connectivity index (χ0v) is 15.7. The summed E-state index contributed by atoms with van der Waals surface area (Å²) in [6.07, 6.45) is 6.27. The molecule has 0 rings (SSSR count). The number of unbranched alkanes of at least 4 members (excludes halogenated alkanes) is 3. The van der Waals surface area contributed by atoms with E-state index in [9.17, 15) is 9.59 Å². The summed E-state index contributed by atoms with van der Waals surface area (Å²) in [6, 6.07) is 0. The summed E-state index contributed by atoms with van der Waals surface area (Å²) < 4.78 is 10.1. The first-order valence-electron chi connectivity index (χ1n) is 8.05. The molecule has 0 aromatic heterocycles. The monoisotopic (exact) mass is 412 g/mol. The molecule has 0 aromatic carbocycles. The van der Waals surface area contributed by atoms with Gasteiger partial charge in [0.25, 0.3) is 0 Å². The van der Waals surface area contributed by atoms with Crippen molar-refractivity contribution >= 4 is 34.5 Å². The van der Waals surface area contributed by atoms with Gasteiger partial charge in [0.1, 0.15) is 3.92 Å². The lowest BCUT2D eigenvalue weighted by atomic mass is 9.98. The quantitative estimate of drug-likeness (QED) is 0.208. The van der Waals surface area contributed by atoms with Crippen LogP contribution in [0.2, 0.25) is 0 Å². The number of carbonyl (C=O) groups excluding carboxylic acids is 2. The van der Waals surface area contributed by atoms with Crippen LogP contribution in [0.5, 0.6) is 0 Å². The predicted octanol–water partition coefficient (Wildman–Crippen LogP) is 4.28. The second-order valence-corrected chi connectivity index (χ2v) is 6.53. The molecule has 0 spiro atoms. The number of hydrogen-bond acceptors (Lipinski definition) is 4. The van der Waals surface area contributed by atoms with E-state index in [1.807, 2.05) is 29.5 Å². The minimum atomic E-state index is -0.458. The van der Waals surface area contributed by atoms with Gasteiger partial charge in [0.05, 0.1) is 19.1 Å². The van der Waals surface area contributed by atoms with Gasteiger partial charge in [0.2, 0.25) is 0 Å². The van der Waals surface area contributed by atoms with E-state index in [0.29, 0.717) is 19.6 Å². The van der Waals surface area contributed by atoms with Crippen molar-refractivity contribution in [3.63, 3.8) is 0 Å². The van der Waals surface area contributed by atoms with Crippen LogP contribution in [0.25, 0.3) is 0 Å². The topological polar surface area (TPSA) is 52.6 Å². The molecule has 4 nitrogen and oxygen atoms in total. The number of ether oxygens (including phenoxy) is 2. The lowest BCUT2D eigenvalue weighted by Crippen LogP contribution is -2.33. The van der Waals surface area contributed by atoms with Gasteiger partial charge in [-0.3, -0.25) is 9.59 Å². The first kappa shape index (κ1) is 20.7. The minimum Gasteiger partial charge on any atom is -0.465 e. The first-order chi connectivity index (χ1) is 10.1. The normalized spacial score (nSPS) is 13.5. The third-order valence-corrected chi connectivity index (χ3v) is 4.61. The second-order valence-electron chi connectivity index (χ2n) is 5.19. The molecular formula is C16H29IO4. The van der Waals surface area contributed by atoms with E-state index in [0.717, 1.165) is 38.5 Å². The fourth-order valence-electron chi connectivity index (χ4n) is 1.79. The maximum Gasteiger partial charge on any atom is 0.319 e. The van der Waals surface area contributed by atoms with Gasteiger partial charge in [0.15, 0.2) is 0 Å². The average Bonchev–Trinajstić information content (AvgIpc) is 2.47. The van der Waals surface area contributed by atoms with Crippen molar-refractivity contribution in [3.05, 3.63) is 0 Å². The van der Waals surface area contributed by atoms with Crippen LogP contribution in [0.15, 0.2) is 0 Å². The Morgan fingerprint density at radius 1 is 0.857 bits per heavy atom. The third-order valence-electron chi connectivity index (χ3n) is 3.23. The number of halogens is 1. The maximum absolute atomic E-state index is 12.2. The van der Waals surface area contributed by atoms with Crippen molar-refractivity contribution in [2.45, 2.75) is 69.6 Å². The molecular weight excluding hydrogens is 383 g/mol. The predicted molar refractivity (Wildman–Crippen MR) is 92.6 cm³/mol. The Bertz CT molecular complexity index is 294. The highest BCUT2D eigenvalue weighted by atomic mass is 127. The maximum atomic E-state index is 12.2. The Morgan fingerprint density at radius 3 is 1.81 bits per heavy atom. The van der Waals surface area contributed by atoms with Crippen molar-refractivity contribution in [1.29, 1.82) is 0 Å². The summed E-state index contributed by atoms with van der Waals surface area (Å²) in [5.41, 5.74) is 0. The van der Waals surface area contributed by atoms with Gasteiger partial charge in [-0.25, -0.2) is 0 Å². The first-order valence-corrected chi connectivity index (χ1v) is 9.30. The Kier molecular flexibility index (Phi) is 13.1. The summed E-state index contributed by atoms with van der Waals surface area (Å²) in [6.45, 7) is 7.03. The Labute approximate surface area is 142 Å². The summed E-state index contributed by atoms with van der Waals surface area (Å²) in [7, 11) is 0. The summed E-state index contributed by atoms with van der Waals surface area (Å²) in [4.78, 5) is 24.2. The van der Waals surface area contributed by atoms with E-state index in [1.54, 1.807) is 0 Å². The zero-order valence-electron chi connectivity index (χ0n) is 13.5. The van der Waals surface area contributed by atoms with Crippen molar-refractivity contribution in [1.82, 2.24) is 0 Å². The van der Waals surface area contributed by atoms with Crippen LogP contribution >= 0.6 is 22.6 Å². The fraction of sp³-hybridized carbons (Fsp3) is 0.875. The molecule has 2 unspecified atom stereocenters. The number of carbonyl (C=O) groups is 2. The van der Waals surface area contributed by atoms with E-state index in [1.165, 1.54) is 0 Å². The van der Waals surface area contributed by atoms with Gasteiger partial charge in [-0.2, -0.15) is 0 Å². The lowest BCUT2D eigenvalue weighted by Gasteiger charge is -2.20. The Balaban J connectivity index is 4.48. The van der Waals surface area contributed by atoms with Crippen LogP contribution in [0, 0.1) is 5.92 Å². The summed E-state index contributed by atoms with van der Waals surface area (Å²) >= 11 is 2.02. The highest BCUT2D eigenvalue weighted by Gasteiger charge is 2.33. The molecule has 0 heterocycles. The smallest absolute Gasteiger partial charge is 0.319 e. The molecule has 0 amide bonds. The van der Waals surface area contributed by atoms with E-state index in [2.05, 4.69) is 13.8 Å². The molecule has 0 N–H and O–H groups in total. The Hall–Kier alpha value is -0.330. The van der Waals surface area contributed by atoms with E-state index < -0.39 is 9.84 Å². The molecule has 0 aliphatic heterocycles. The molecule has 0 fully saturated rings. The van der Waals surface area contributed by atoms with Gasteiger partial charge in [-0.15, -0.1) is 0 Å². The van der Waals surface area contributed by atoms with Gasteiger partial charge < -0.3 is 9.47 Å². The van der Waals surface area contributed by atoms with Crippen LogP contribution in [0.3, 0.4) is 0 Å². The van der Waals surface area contributed by atoms with Gasteiger partial charge in [0, 0.05) is 0 Å². The zero-order chi connectivity index (χ0) is 16.1. The van der Waals surface area contributed by atoms with Crippen LogP contribution in [-0.4, -0.2) is 29.1 Å². The lowest BCUT2D eigenvalue weighted by molar-refractivity contribution is -0.154. The minimum absolute atomic E-state index is 0.260. The van der Waals surface area contributed by atoms with E-state index >= 15 is 0 Å². The molecule has 0 aliphatic rings. The molecule has 0 aliphatic carbocycles. The van der Waals surface area contributed by atoms with E-state index in [-0.39, 0.29) is 11.9 Å². The highest BCUT2D eigenvalue weighted by Crippen LogP contribution is 2.23. The summed E-state index contributed by atoms with van der Waals surface area (Å²) in [5, 5.41) is 0. The highest BCUT2D eigenvalue weighted by molar-refractivity contribution is 14.1. The van der Waals surface area contributed by atoms with Crippen molar-refractivity contribution in [2.24, 2.45) is 5.92 Å². The van der Waals surface area contributed by atoms with Crippen molar-refractivity contribution < 1.29 is 19.1 Å². The van der Waals surface area contributed by atoms with Crippen LogP contribution in [-0.2, 0) is 19.1 Å². The largest absolute Gasteiger partial charge is 0.465 e. The third kappa shape index (κ3) is 9.32. The number of rotatable bonds is 12. The number of alkyl halides is 1. The number of esters is 2. The Morgan fingerprint density at radius 2 is 1.33 bits per heavy atom. The van der Waals surface area contributed by atoms with Gasteiger partial charge >= 0.3 is 11.9 Å². The molecule has 21 heavy (non-hydrogen) atoms. The molecule has 2 atom stereocenters. The second kappa shape index (κ2) is 13.3. The standard InChI is InChI=1S/C16H29IO4/c1-4-7-10-13(15(18)20-11-8-5-2)14(17)16(19)21-12-9-6-3/h13-14H,4-12H2,1-3H3. The SMILES string of the molecule is CCCCOC(=O)C(I)C(CCCC)C(=O)OCCCC.